The number of nitrogens with zero attached hydrogens (tertiary/aromatic N) is 2. The summed E-state index contributed by atoms with van der Waals surface area (Å²) in [6, 6.07) is 15.7. The first-order valence-electron chi connectivity index (χ1n) is 8.68. The number of aliphatic imine (C=N–C) groups is 1. The van der Waals surface area contributed by atoms with Gasteiger partial charge in [0, 0.05) is 13.1 Å². The SMILES string of the molecule is CCNC(=NCc1cccc(C#N)c1)NCCc1ccc2c(c1)OCO2. The van der Waals surface area contributed by atoms with Gasteiger partial charge in [0.25, 0.3) is 0 Å². The third kappa shape index (κ3) is 4.67. The normalized spacial score (nSPS) is 12.5. The molecular weight excluding hydrogens is 328 g/mol. The molecule has 1 heterocycles. The largest absolute Gasteiger partial charge is 0.454 e. The predicted molar refractivity (Wildman–Crippen MR) is 100 cm³/mol. The molecule has 0 aromatic heterocycles. The van der Waals surface area contributed by atoms with E-state index in [9.17, 15) is 0 Å². The van der Waals surface area contributed by atoms with Crippen molar-refractivity contribution < 1.29 is 9.47 Å². The van der Waals surface area contributed by atoms with Gasteiger partial charge < -0.3 is 20.1 Å². The van der Waals surface area contributed by atoms with Crippen LogP contribution in [0.1, 0.15) is 23.6 Å². The minimum Gasteiger partial charge on any atom is -0.454 e. The number of fused-ring (bicyclic) bond motifs is 1. The number of hydrogen-bond donors (Lipinski definition) is 2. The summed E-state index contributed by atoms with van der Waals surface area (Å²) in [5.74, 6) is 2.37. The first kappa shape index (κ1) is 17.6. The molecule has 6 heteroatoms. The van der Waals surface area contributed by atoms with Crippen molar-refractivity contribution >= 4 is 5.96 Å². The summed E-state index contributed by atoms with van der Waals surface area (Å²) in [5.41, 5.74) is 2.84. The Kier molecular flexibility index (Phi) is 5.94. The number of rotatable bonds is 6. The molecule has 3 rings (SSSR count). The summed E-state index contributed by atoms with van der Waals surface area (Å²) in [6.45, 7) is 4.39. The lowest BCUT2D eigenvalue weighted by Crippen LogP contribution is -2.38. The molecule has 134 valence electrons. The zero-order chi connectivity index (χ0) is 18.2. The molecular formula is C20H22N4O2. The van der Waals surface area contributed by atoms with E-state index in [1.54, 1.807) is 6.07 Å². The average Bonchev–Trinajstić information content (AvgIpc) is 3.14. The lowest BCUT2D eigenvalue weighted by molar-refractivity contribution is 0.174. The Morgan fingerprint density at radius 1 is 1.12 bits per heavy atom. The lowest BCUT2D eigenvalue weighted by Gasteiger charge is -2.11. The molecule has 0 unspecified atom stereocenters. The molecule has 1 aliphatic rings. The summed E-state index contributed by atoms with van der Waals surface area (Å²) in [7, 11) is 0. The molecule has 2 aromatic carbocycles. The van der Waals surface area contributed by atoms with Crippen LogP contribution in [0.4, 0.5) is 0 Å². The topological polar surface area (TPSA) is 78.7 Å². The summed E-state index contributed by atoms with van der Waals surface area (Å²) in [6.07, 6.45) is 0.852. The van der Waals surface area contributed by atoms with E-state index in [1.807, 2.05) is 43.3 Å². The highest BCUT2D eigenvalue weighted by Crippen LogP contribution is 2.32. The number of nitriles is 1. The van der Waals surface area contributed by atoms with Gasteiger partial charge in [-0.3, -0.25) is 0 Å². The molecule has 0 amide bonds. The van der Waals surface area contributed by atoms with Crippen molar-refractivity contribution in [2.75, 3.05) is 19.9 Å². The Morgan fingerprint density at radius 2 is 2.00 bits per heavy atom. The van der Waals surface area contributed by atoms with E-state index in [0.717, 1.165) is 42.5 Å². The quantitative estimate of drug-likeness (QED) is 0.618. The standard InChI is InChI=1S/C20H22N4O2/c1-2-22-20(24-13-17-5-3-4-16(10-17)12-21)23-9-8-15-6-7-18-19(11-15)26-14-25-18/h3-7,10-11H,2,8-9,13-14H2,1H3,(H2,22,23,24). The van der Waals surface area contributed by atoms with Crippen molar-refractivity contribution in [1.29, 1.82) is 5.26 Å². The van der Waals surface area contributed by atoms with Gasteiger partial charge in [0.2, 0.25) is 6.79 Å². The van der Waals surface area contributed by atoms with Gasteiger partial charge in [0.1, 0.15) is 0 Å². The maximum Gasteiger partial charge on any atom is 0.231 e. The molecule has 0 bridgehead atoms. The van der Waals surface area contributed by atoms with E-state index in [-0.39, 0.29) is 0 Å². The van der Waals surface area contributed by atoms with Crippen LogP contribution in [0.15, 0.2) is 47.5 Å². The Morgan fingerprint density at radius 3 is 2.85 bits per heavy atom. The van der Waals surface area contributed by atoms with Crippen LogP contribution < -0.4 is 20.1 Å². The van der Waals surface area contributed by atoms with Crippen LogP contribution in [-0.2, 0) is 13.0 Å². The number of hydrogen-bond acceptors (Lipinski definition) is 4. The number of nitrogens with one attached hydrogen (secondary N) is 2. The van der Waals surface area contributed by atoms with Crippen LogP contribution in [0, 0.1) is 11.3 Å². The van der Waals surface area contributed by atoms with Crippen molar-refractivity contribution in [3.8, 4) is 17.6 Å². The highest BCUT2D eigenvalue weighted by molar-refractivity contribution is 5.79. The van der Waals surface area contributed by atoms with Crippen LogP contribution in [0.25, 0.3) is 0 Å². The summed E-state index contributed by atoms with van der Waals surface area (Å²) >= 11 is 0. The van der Waals surface area contributed by atoms with E-state index in [0.29, 0.717) is 18.9 Å². The van der Waals surface area contributed by atoms with E-state index in [2.05, 4.69) is 21.7 Å². The summed E-state index contributed by atoms with van der Waals surface area (Å²) in [4.78, 5) is 4.59. The van der Waals surface area contributed by atoms with Crippen LogP contribution in [-0.4, -0.2) is 25.8 Å². The van der Waals surface area contributed by atoms with Crippen molar-refractivity contribution in [2.24, 2.45) is 4.99 Å². The first-order valence-corrected chi connectivity index (χ1v) is 8.68. The van der Waals surface area contributed by atoms with Crippen LogP contribution in [0.3, 0.4) is 0 Å². The fraction of sp³-hybridized carbons (Fsp3) is 0.300. The van der Waals surface area contributed by atoms with Gasteiger partial charge in [0.15, 0.2) is 17.5 Å². The van der Waals surface area contributed by atoms with Gasteiger partial charge >= 0.3 is 0 Å². The van der Waals surface area contributed by atoms with Gasteiger partial charge in [-0.1, -0.05) is 18.2 Å². The number of guanidine groups is 1. The zero-order valence-electron chi connectivity index (χ0n) is 14.8. The number of benzene rings is 2. The molecule has 6 nitrogen and oxygen atoms in total. The molecule has 2 N–H and O–H groups in total. The third-order valence-electron chi connectivity index (χ3n) is 3.96. The van der Waals surface area contributed by atoms with Crippen molar-refractivity contribution in [3.05, 3.63) is 59.2 Å². The highest BCUT2D eigenvalue weighted by Gasteiger charge is 2.12. The van der Waals surface area contributed by atoms with E-state index in [4.69, 9.17) is 14.7 Å². The first-order chi connectivity index (χ1) is 12.8. The second-order valence-corrected chi connectivity index (χ2v) is 5.87. The van der Waals surface area contributed by atoms with Gasteiger partial charge in [0.05, 0.1) is 18.2 Å². The molecule has 0 radical (unpaired) electrons. The molecule has 0 spiro atoms. The van der Waals surface area contributed by atoms with Crippen LogP contribution in [0.5, 0.6) is 11.5 Å². The predicted octanol–water partition coefficient (Wildman–Crippen LogP) is 2.58. The van der Waals surface area contributed by atoms with Gasteiger partial charge in [-0.25, -0.2) is 4.99 Å². The fourth-order valence-corrected chi connectivity index (χ4v) is 2.67. The molecule has 26 heavy (non-hydrogen) atoms. The summed E-state index contributed by atoms with van der Waals surface area (Å²) < 4.78 is 10.7. The lowest BCUT2D eigenvalue weighted by atomic mass is 10.1. The second-order valence-electron chi connectivity index (χ2n) is 5.87. The third-order valence-corrected chi connectivity index (χ3v) is 3.96. The Bertz CT molecular complexity index is 827. The maximum absolute atomic E-state index is 8.98. The van der Waals surface area contributed by atoms with Crippen LogP contribution in [0.2, 0.25) is 0 Å². The minimum atomic E-state index is 0.293. The van der Waals surface area contributed by atoms with Crippen molar-refractivity contribution in [1.82, 2.24) is 10.6 Å². The van der Waals surface area contributed by atoms with Gasteiger partial charge in [-0.15, -0.1) is 0 Å². The molecule has 1 aliphatic heterocycles. The van der Waals surface area contributed by atoms with Gasteiger partial charge in [-0.2, -0.15) is 5.26 Å². The molecule has 0 fully saturated rings. The molecule has 0 aliphatic carbocycles. The Balaban J connectivity index is 1.55. The monoisotopic (exact) mass is 350 g/mol. The smallest absolute Gasteiger partial charge is 0.231 e. The van der Waals surface area contributed by atoms with E-state index < -0.39 is 0 Å². The molecule has 0 saturated heterocycles. The molecule has 0 atom stereocenters. The van der Waals surface area contributed by atoms with Crippen molar-refractivity contribution in [3.63, 3.8) is 0 Å². The summed E-state index contributed by atoms with van der Waals surface area (Å²) in [5, 5.41) is 15.6. The maximum atomic E-state index is 8.98. The van der Waals surface area contributed by atoms with E-state index in [1.165, 1.54) is 5.56 Å². The molecule has 2 aromatic rings. The van der Waals surface area contributed by atoms with Gasteiger partial charge in [-0.05, 0) is 48.7 Å². The highest BCUT2D eigenvalue weighted by atomic mass is 16.7. The van der Waals surface area contributed by atoms with Crippen molar-refractivity contribution in [2.45, 2.75) is 19.9 Å². The minimum absolute atomic E-state index is 0.293. The Labute approximate surface area is 153 Å². The molecule has 0 saturated carbocycles. The number of ether oxygens (including phenoxy) is 2. The zero-order valence-corrected chi connectivity index (χ0v) is 14.8. The fourth-order valence-electron chi connectivity index (χ4n) is 2.67. The van der Waals surface area contributed by atoms with E-state index >= 15 is 0 Å². The average molecular weight is 350 g/mol. The second kappa shape index (κ2) is 8.77. The Hall–Kier alpha value is -3.20. The van der Waals surface area contributed by atoms with Crippen LogP contribution >= 0.6 is 0 Å².